The molecule has 0 aliphatic rings. The maximum atomic E-state index is 12.4. The van der Waals surface area contributed by atoms with Crippen molar-refractivity contribution in [2.45, 2.75) is 39.7 Å². The van der Waals surface area contributed by atoms with Gasteiger partial charge in [0.1, 0.15) is 5.60 Å². The molecule has 2 heteroatoms. The summed E-state index contributed by atoms with van der Waals surface area (Å²) in [6, 6.07) is 28.4. The molecule has 0 radical (unpaired) electrons. The summed E-state index contributed by atoms with van der Waals surface area (Å²) in [5.74, 6) is -0.238. The summed E-state index contributed by atoms with van der Waals surface area (Å²) in [5, 5.41) is 9.81. The number of fused-ring (bicyclic) bond motifs is 4. The third kappa shape index (κ3) is 3.60. The average Bonchev–Trinajstić information content (AvgIpc) is 2.78. The van der Waals surface area contributed by atoms with Crippen molar-refractivity contribution >= 4 is 49.1 Å². The molecule has 0 saturated heterocycles. The lowest BCUT2D eigenvalue weighted by molar-refractivity contribution is -0.162. The molecule has 32 heavy (non-hydrogen) atoms. The van der Waals surface area contributed by atoms with Crippen molar-refractivity contribution < 1.29 is 9.53 Å². The van der Waals surface area contributed by atoms with Gasteiger partial charge >= 0.3 is 5.97 Å². The number of hydrogen-bond donors (Lipinski definition) is 0. The minimum absolute atomic E-state index is 0.0944. The third-order valence-corrected chi connectivity index (χ3v) is 6.68. The molecule has 0 aliphatic carbocycles. The average molecular weight is 421 g/mol. The third-order valence-electron chi connectivity index (χ3n) is 6.68. The molecule has 0 bridgehead atoms. The van der Waals surface area contributed by atoms with Gasteiger partial charge in [-0.25, -0.2) is 0 Å². The van der Waals surface area contributed by atoms with Crippen molar-refractivity contribution in [3.05, 3.63) is 84.4 Å². The van der Waals surface area contributed by atoms with Crippen LogP contribution >= 0.6 is 0 Å². The lowest BCUT2D eigenvalue weighted by atomic mass is 9.93. The summed E-state index contributed by atoms with van der Waals surface area (Å²) in [4.78, 5) is 12.4. The summed E-state index contributed by atoms with van der Waals surface area (Å²) in [7, 11) is 0. The summed E-state index contributed by atoms with van der Waals surface area (Å²) in [6.07, 6.45) is 0.780. The highest BCUT2D eigenvalue weighted by atomic mass is 16.6. The number of rotatable bonds is 4. The van der Waals surface area contributed by atoms with Crippen molar-refractivity contribution in [1.82, 2.24) is 0 Å². The van der Waals surface area contributed by atoms with Gasteiger partial charge in [0.2, 0.25) is 0 Å². The van der Waals surface area contributed by atoms with Crippen molar-refractivity contribution in [3.8, 4) is 0 Å². The molecule has 1 atom stereocenters. The summed E-state index contributed by atoms with van der Waals surface area (Å²) in [5.41, 5.74) is 0.333. The molecule has 5 aromatic rings. The van der Waals surface area contributed by atoms with E-state index in [-0.39, 0.29) is 11.9 Å². The monoisotopic (exact) mass is 420 g/mol. The molecule has 1 unspecified atom stereocenters. The number of ether oxygens (including phenoxy) is 1. The Labute approximate surface area is 188 Å². The second-order valence-electron chi connectivity index (χ2n) is 9.40. The fourth-order valence-electron chi connectivity index (χ4n) is 4.40. The van der Waals surface area contributed by atoms with Crippen LogP contribution in [0.4, 0.5) is 0 Å². The van der Waals surface area contributed by atoms with Gasteiger partial charge in [0.15, 0.2) is 0 Å². The fraction of sp³-hybridized carbons (Fsp3) is 0.233. The molecule has 5 rings (SSSR count). The van der Waals surface area contributed by atoms with E-state index in [2.05, 4.69) is 78.9 Å². The van der Waals surface area contributed by atoms with Crippen LogP contribution in [0.25, 0.3) is 43.1 Å². The van der Waals surface area contributed by atoms with Crippen LogP contribution in [0.5, 0.6) is 0 Å². The van der Waals surface area contributed by atoms with E-state index < -0.39 is 5.60 Å². The largest absolute Gasteiger partial charge is 0.455 e. The van der Waals surface area contributed by atoms with Crippen LogP contribution in [0.3, 0.4) is 0 Å². The van der Waals surface area contributed by atoms with Gasteiger partial charge in [0, 0.05) is 0 Å². The number of benzene rings is 5. The van der Waals surface area contributed by atoms with Crippen molar-refractivity contribution in [1.29, 1.82) is 0 Å². The lowest BCUT2D eigenvalue weighted by Gasteiger charge is -2.27. The first-order valence-electron chi connectivity index (χ1n) is 11.4. The molecule has 0 aliphatic heterocycles. The Bertz CT molecular complexity index is 1490. The Morgan fingerprint density at radius 3 is 1.66 bits per heavy atom. The Morgan fingerprint density at radius 2 is 1.16 bits per heavy atom. The lowest BCUT2D eigenvalue weighted by Crippen LogP contribution is -2.28. The molecule has 0 saturated carbocycles. The zero-order valence-electron chi connectivity index (χ0n) is 19.1. The summed E-state index contributed by atoms with van der Waals surface area (Å²) >= 11 is 0. The fourth-order valence-corrected chi connectivity index (χ4v) is 4.40. The van der Waals surface area contributed by atoms with E-state index >= 15 is 0 Å². The van der Waals surface area contributed by atoms with Gasteiger partial charge in [0.05, 0.1) is 5.92 Å². The normalized spacial score (nSPS) is 13.1. The zero-order valence-corrected chi connectivity index (χ0v) is 19.1. The van der Waals surface area contributed by atoms with E-state index in [1.165, 1.54) is 37.7 Å². The van der Waals surface area contributed by atoms with E-state index in [0.29, 0.717) is 0 Å². The minimum atomic E-state index is -0.675. The Morgan fingerprint density at radius 1 is 0.719 bits per heavy atom. The van der Waals surface area contributed by atoms with E-state index in [4.69, 9.17) is 4.74 Å². The minimum Gasteiger partial charge on any atom is -0.455 e. The number of carbonyl (C=O) groups excluding carboxylic acids is 1. The second-order valence-corrected chi connectivity index (χ2v) is 9.40. The van der Waals surface area contributed by atoms with Crippen LogP contribution < -0.4 is 0 Å². The standard InChI is InChI=1S/C30H28O2/c1-5-19(2)29(31)32-30(3,4)28-11-10-22-14-25-15-23-12-20-8-6-7-9-21(20)13-24(23)16-26(25)17-27(22)18-28/h6-19H,5H2,1-4H3. The maximum Gasteiger partial charge on any atom is 0.309 e. The van der Waals surface area contributed by atoms with E-state index in [0.717, 1.165) is 17.4 Å². The van der Waals surface area contributed by atoms with E-state index in [9.17, 15) is 4.79 Å². The number of carbonyl (C=O) groups is 1. The molecule has 160 valence electrons. The Balaban J connectivity index is 1.60. The Kier molecular flexibility index (Phi) is 4.89. The van der Waals surface area contributed by atoms with Crippen LogP contribution in [0.2, 0.25) is 0 Å². The SMILES string of the molecule is CCC(C)C(=O)OC(C)(C)c1ccc2cc3cc4cc5ccccc5cc4cc3cc2c1. The second kappa shape index (κ2) is 7.63. The number of esters is 1. The molecule has 0 spiro atoms. The number of hydrogen-bond acceptors (Lipinski definition) is 2. The molecule has 2 nitrogen and oxygen atoms in total. The first kappa shape index (κ1) is 20.5. The highest BCUT2D eigenvalue weighted by Gasteiger charge is 2.27. The first-order chi connectivity index (χ1) is 15.3. The highest BCUT2D eigenvalue weighted by molar-refractivity contribution is 6.08. The molecular formula is C30H28O2. The topological polar surface area (TPSA) is 26.3 Å². The highest BCUT2D eigenvalue weighted by Crippen LogP contribution is 2.33. The van der Waals surface area contributed by atoms with Gasteiger partial charge < -0.3 is 4.74 Å². The van der Waals surface area contributed by atoms with E-state index in [1.54, 1.807) is 0 Å². The van der Waals surface area contributed by atoms with Crippen LogP contribution in [-0.2, 0) is 15.1 Å². The summed E-state index contributed by atoms with van der Waals surface area (Å²) < 4.78 is 5.87. The predicted octanol–water partition coefficient (Wildman–Crippen LogP) is 8.12. The molecule has 0 aromatic heterocycles. The van der Waals surface area contributed by atoms with Crippen molar-refractivity contribution in [3.63, 3.8) is 0 Å². The first-order valence-corrected chi connectivity index (χ1v) is 11.4. The van der Waals surface area contributed by atoms with Gasteiger partial charge in [-0.3, -0.25) is 4.79 Å². The molecule has 0 amide bonds. The molecular weight excluding hydrogens is 392 g/mol. The molecule has 5 aromatic carbocycles. The van der Waals surface area contributed by atoms with Crippen LogP contribution in [0, 0.1) is 5.92 Å². The van der Waals surface area contributed by atoms with Crippen molar-refractivity contribution in [2.24, 2.45) is 5.92 Å². The van der Waals surface area contributed by atoms with Gasteiger partial charge in [-0.2, -0.15) is 0 Å². The van der Waals surface area contributed by atoms with Crippen molar-refractivity contribution in [2.75, 3.05) is 0 Å². The van der Waals surface area contributed by atoms with E-state index in [1.807, 2.05) is 27.7 Å². The van der Waals surface area contributed by atoms with Gasteiger partial charge in [-0.1, -0.05) is 50.2 Å². The smallest absolute Gasteiger partial charge is 0.309 e. The van der Waals surface area contributed by atoms with Gasteiger partial charge in [-0.05, 0) is 111 Å². The van der Waals surface area contributed by atoms with Crippen LogP contribution in [-0.4, -0.2) is 5.97 Å². The molecule has 0 fully saturated rings. The van der Waals surface area contributed by atoms with Crippen LogP contribution in [0.15, 0.2) is 78.9 Å². The molecule has 0 N–H and O–H groups in total. The summed E-state index contributed by atoms with van der Waals surface area (Å²) in [6.45, 7) is 7.85. The predicted molar refractivity (Wildman–Crippen MR) is 135 cm³/mol. The Hall–Kier alpha value is -3.39. The quantitative estimate of drug-likeness (QED) is 0.217. The zero-order chi connectivity index (χ0) is 22.5. The van der Waals surface area contributed by atoms with Crippen LogP contribution in [0.1, 0.15) is 39.7 Å². The molecule has 0 heterocycles. The maximum absolute atomic E-state index is 12.4. The van der Waals surface area contributed by atoms with Gasteiger partial charge in [-0.15, -0.1) is 0 Å². The van der Waals surface area contributed by atoms with Gasteiger partial charge in [0.25, 0.3) is 0 Å².